The Hall–Kier alpha value is -1.47. The van der Waals surface area contributed by atoms with Gasteiger partial charge in [-0.05, 0) is 19.3 Å². The number of carbonyl (C=O) groups excluding carboxylic acids is 1. The van der Waals surface area contributed by atoms with Gasteiger partial charge in [-0.15, -0.1) is 11.3 Å². The lowest BCUT2D eigenvalue weighted by molar-refractivity contribution is -0.139. The summed E-state index contributed by atoms with van der Waals surface area (Å²) in [5.41, 5.74) is 5.88. The van der Waals surface area contributed by atoms with Gasteiger partial charge in [0, 0.05) is 5.38 Å². The number of hydrogen-bond donors (Lipinski definition) is 3. The van der Waals surface area contributed by atoms with Crippen LogP contribution in [0.3, 0.4) is 0 Å². The number of aromatic nitrogens is 1. The second kappa shape index (κ2) is 6.63. The van der Waals surface area contributed by atoms with E-state index in [0.29, 0.717) is 11.4 Å². The lowest BCUT2D eigenvalue weighted by atomic mass is 10.0. The average molecular weight is 285 g/mol. The minimum absolute atomic E-state index is 0.177. The first-order valence-corrected chi connectivity index (χ1v) is 6.94. The van der Waals surface area contributed by atoms with E-state index in [9.17, 15) is 9.59 Å². The van der Waals surface area contributed by atoms with E-state index >= 15 is 0 Å². The van der Waals surface area contributed by atoms with E-state index < -0.39 is 17.9 Å². The quantitative estimate of drug-likeness (QED) is 0.732. The molecule has 1 rings (SSSR count). The van der Waals surface area contributed by atoms with Crippen molar-refractivity contribution in [1.82, 2.24) is 10.3 Å². The van der Waals surface area contributed by atoms with Crippen molar-refractivity contribution in [3.63, 3.8) is 0 Å². The number of thiazole rings is 1. The molecule has 4 N–H and O–H groups in total. The molecule has 0 aliphatic rings. The fourth-order valence-corrected chi connectivity index (χ4v) is 2.28. The van der Waals surface area contributed by atoms with Crippen molar-refractivity contribution in [3.05, 3.63) is 16.1 Å². The van der Waals surface area contributed by atoms with Crippen molar-refractivity contribution in [1.29, 1.82) is 0 Å². The van der Waals surface area contributed by atoms with Gasteiger partial charge in [0.2, 0.25) is 0 Å². The second-order valence-electron chi connectivity index (χ2n) is 4.85. The molecule has 1 aromatic heterocycles. The zero-order valence-electron chi connectivity index (χ0n) is 11.2. The molecule has 0 aliphatic heterocycles. The third-order valence-electron chi connectivity index (χ3n) is 2.45. The Kier molecular flexibility index (Phi) is 5.44. The third kappa shape index (κ3) is 4.60. The van der Waals surface area contributed by atoms with Gasteiger partial charge in [-0.2, -0.15) is 0 Å². The maximum absolute atomic E-state index is 11.9. The van der Waals surface area contributed by atoms with Gasteiger partial charge < -0.3 is 16.2 Å². The molecule has 0 saturated heterocycles. The highest BCUT2D eigenvalue weighted by molar-refractivity contribution is 7.09. The number of rotatable bonds is 6. The number of carboxylic acids is 1. The van der Waals surface area contributed by atoms with Crippen molar-refractivity contribution >= 4 is 23.2 Å². The van der Waals surface area contributed by atoms with Gasteiger partial charge in [-0.1, -0.05) is 13.8 Å². The minimum Gasteiger partial charge on any atom is -0.480 e. The number of nitrogens with zero attached hydrogens (tertiary/aromatic N) is 1. The molecule has 0 saturated carbocycles. The number of carbonyl (C=O) groups is 2. The SMILES string of the molecule is CC(C)C[C@H](NC(=O)c1csc(C(C)N)n1)C(=O)O. The van der Waals surface area contributed by atoms with Crippen molar-refractivity contribution < 1.29 is 14.7 Å². The van der Waals surface area contributed by atoms with Crippen LogP contribution in [0, 0.1) is 5.92 Å². The number of amides is 1. The Morgan fingerprint density at radius 1 is 1.47 bits per heavy atom. The highest BCUT2D eigenvalue weighted by Gasteiger charge is 2.23. The molecule has 0 bridgehead atoms. The number of carboxylic acid groups (broad SMARTS) is 1. The van der Waals surface area contributed by atoms with Crippen molar-refractivity contribution in [2.24, 2.45) is 11.7 Å². The van der Waals surface area contributed by atoms with Gasteiger partial charge in [-0.3, -0.25) is 4.79 Å². The normalized spacial score (nSPS) is 14.2. The van der Waals surface area contributed by atoms with Crippen molar-refractivity contribution in [3.8, 4) is 0 Å². The zero-order valence-corrected chi connectivity index (χ0v) is 12.0. The number of aliphatic carboxylic acids is 1. The molecule has 1 amide bonds. The zero-order chi connectivity index (χ0) is 14.6. The number of hydrogen-bond acceptors (Lipinski definition) is 5. The Balaban J connectivity index is 2.73. The predicted molar refractivity (Wildman–Crippen MR) is 73.1 cm³/mol. The van der Waals surface area contributed by atoms with Crippen LogP contribution in [0.5, 0.6) is 0 Å². The van der Waals surface area contributed by atoms with E-state index in [1.165, 1.54) is 11.3 Å². The Morgan fingerprint density at radius 2 is 2.11 bits per heavy atom. The van der Waals surface area contributed by atoms with Crippen LogP contribution in [0.25, 0.3) is 0 Å². The summed E-state index contributed by atoms with van der Waals surface area (Å²) < 4.78 is 0. The summed E-state index contributed by atoms with van der Waals surface area (Å²) in [5.74, 6) is -1.34. The van der Waals surface area contributed by atoms with Crippen LogP contribution in [0.15, 0.2) is 5.38 Å². The molecule has 1 heterocycles. The maximum Gasteiger partial charge on any atom is 0.326 e. The van der Waals surface area contributed by atoms with Gasteiger partial charge in [0.05, 0.1) is 6.04 Å². The van der Waals surface area contributed by atoms with Crippen molar-refractivity contribution in [2.75, 3.05) is 0 Å². The van der Waals surface area contributed by atoms with Gasteiger partial charge in [0.25, 0.3) is 5.91 Å². The molecule has 7 heteroatoms. The molecule has 19 heavy (non-hydrogen) atoms. The highest BCUT2D eigenvalue weighted by Crippen LogP contribution is 2.16. The number of nitrogens with one attached hydrogen (secondary N) is 1. The van der Waals surface area contributed by atoms with Crippen LogP contribution < -0.4 is 11.1 Å². The standard InChI is InChI=1S/C12H19N3O3S/c1-6(2)4-8(12(17)18)14-10(16)9-5-19-11(15-9)7(3)13/h5-8H,4,13H2,1-3H3,(H,14,16)(H,17,18)/t7?,8-/m0/s1. The molecule has 0 spiro atoms. The highest BCUT2D eigenvalue weighted by atomic mass is 32.1. The summed E-state index contributed by atoms with van der Waals surface area (Å²) >= 11 is 1.29. The monoisotopic (exact) mass is 285 g/mol. The number of nitrogens with two attached hydrogens (primary N) is 1. The summed E-state index contributed by atoms with van der Waals surface area (Å²) in [6.07, 6.45) is 0.380. The Bertz CT molecular complexity index is 457. The molecule has 0 aliphatic carbocycles. The first-order chi connectivity index (χ1) is 8.81. The molecular formula is C12H19N3O3S. The van der Waals surface area contributed by atoms with E-state index in [4.69, 9.17) is 10.8 Å². The molecule has 6 nitrogen and oxygen atoms in total. The summed E-state index contributed by atoms with van der Waals surface area (Å²) in [7, 11) is 0. The molecular weight excluding hydrogens is 266 g/mol. The Morgan fingerprint density at radius 3 is 2.53 bits per heavy atom. The summed E-state index contributed by atoms with van der Waals surface area (Å²) in [6, 6.07) is -1.13. The largest absolute Gasteiger partial charge is 0.480 e. The van der Waals surface area contributed by atoms with Gasteiger partial charge in [-0.25, -0.2) is 9.78 Å². The van der Waals surface area contributed by atoms with Crippen molar-refractivity contribution in [2.45, 2.75) is 39.3 Å². The summed E-state index contributed by atoms with van der Waals surface area (Å²) in [6.45, 7) is 5.58. The maximum atomic E-state index is 11.9. The predicted octanol–water partition coefficient (Wildman–Crippen LogP) is 1.39. The smallest absolute Gasteiger partial charge is 0.326 e. The second-order valence-corrected chi connectivity index (χ2v) is 5.74. The van der Waals surface area contributed by atoms with Gasteiger partial charge in [0.15, 0.2) is 0 Å². The molecule has 0 fully saturated rings. The fourth-order valence-electron chi connectivity index (χ4n) is 1.53. The van der Waals surface area contributed by atoms with Crippen LogP contribution >= 0.6 is 11.3 Å². The Labute approximate surface area is 116 Å². The van der Waals surface area contributed by atoms with Gasteiger partial charge in [0.1, 0.15) is 16.7 Å². The molecule has 106 valence electrons. The van der Waals surface area contributed by atoms with E-state index in [1.54, 1.807) is 12.3 Å². The topological polar surface area (TPSA) is 105 Å². The van der Waals surface area contributed by atoms with Crippen LogP contribution in [-0.4, -0.2) is 28.0 Å². The van der Waals surface area contributed by atoms with Crippen LogP contribution in [0.4, 0.5) is 0 Å². The van der Waals surface area contributed by atoms with E-state index in [0.717, 1.165) is 0 Å². The van der Waals surface area contributed by atoms with E-state index in [2.05, 4.69) is 10.3 Å². The van der Waals surface area contributed by atoms with E-state index in [1.807, 2.05) is 13.8 Å². The molecule has 1 aromatic rings. The minimum atomic E-state index is -1.04. The van der Waals surface area contributed by atoms with Crippen LogP contribution in [0.2, 0.25) is 0 Å². The van der Waals surface area contributed by atoms with Gasteiger partial charge >= 0.3 is 5.97 Å². The molecule has 2 atom stereocenters. The molecule has 0 aromatic carbocycles. The first kappa shape index (κ1) is 15.6. The molecule has 1 unspecified atom stereocenters. The van der Waals surface area contributed by atoms with E-state index in [-0.39, 0.29) is 17.7 Å². The van der Waals surface area contributed by atoms with Crippen LogP contribution in [-0.2, 0) is 4.79 Å². The average Bonchev–Trinajstić information content (AvgIpc) is 2.76. The lowest BCUT2D eigenvalue weighted by Gasteiger charge is -2.15. The lowest BCUT2D eigenvalue weighted by Crippen LogP contribution is -2.41. The summed E-state index contributed by atoms with van der Waals surface area (Å²) in [4.78, 5) is 27.1. The molecule has 0 radical (unpaired) electrons. The van der Waals surface area contributed by atoms with Crippen LogP contribution in [0.1, 0.15) is 48.7 Å². The first-order valence-electron chi connectivity index (χ1n) is 6.06. The fraction of sp³-hybridized carbons (Fsp3) is 0.583. The third-order valence-corrected chi connectivity index (χ3v) is 3.50. The summed E-state index contributed by atoms with van der Waals surface area (Å²) in [5, 5.41) is 13.8.